The van der Waals surface area contributed by atoms with Gasteiger partial charge in [0.05, 0.1) is 6.54 Å². The monoisotopic (exact) mass is 452 g/mol. The zero-order chi connectivity index (χ0) is 17.3. The molecule has 0 aliphatic heterocycles. The average molecular weight is 452 g/mol. The van der Waals surface area contributed by atoms with E-state index in [4.69, 9.17) is 4.99 Å². The highest BCUT2D eigenvalue weighted by Gasteiger charge is 2.25. The van der Waals surface area contributed by atoms with E-state index in [0.717, 1.165) is 37.6 Å². The molecule has 0 fully saturated rings. The number of aryl methyl sites for hydroxylation is 1. The number of aliphatic hydroxyl groups is 1. The molecule has 8 heteroatoms. The molecule has 0 saturated carbocycles. The lowest BCUT2D eigenvalue weighted by Crippen LogP contribution is -2.40. The minimum absolute atomic E-state index is 0. The van der Waals surface area contributed by atoms with E-state index in [1.807, 2.05) is 14.1 Å². The number of nitrogens with one attached hydrogen (secondary N) is 1. The van der Waals surface area contributed by atoms with Crippen LogP contribution in [0.15, 0.2) is 11.3 Å². The molecule has 0 unspecified atom stereocenters. The second kappa shape index (κ2) is 11.6. The van der Waals surface area contributed by atoms with Crippen molar-refractivity contribution in [3.05, 3.63) is 12.2 Å². The molecule has 2 N–H and O–H groups in total. The summed E-state index contributed by atoms with van der Waals surface area (Å²) in [6.45, 7) is 8.79. The molecule has 1 rings (SSSR count). The first-order valence-electron chi connectivity index (χ1n) is 8.45. The van der Waals surface area contributed by atoms with Gasteiger partial charge in [0.25, 0.3) is 0 Å². The number of halogens is 1. The van der Waals surface area contributed by atoms with Crippen LogP contribution in [0, 0.1) is 5.41 Å². The van der Waals surface area contributed by atoms with Gasteiger partial charge in [-0.15, -0.1) is 24.0 Å². The summed E-state index contributed by atoms with van der Waals surface area (Å²) in [4.78, 5) is 11.1. The van der Waals surface area contributed by atoms with Crippen molar-refractivity contribution in [1.29, 1.82) is 0 Å². The third-order valence-corrected chi connectivity index (χ3v) is 4.59. The zero-order valence-corrected chi connectivity index (χ0v) is 17.9. The van der Waals surface area contributed by atoms with E-state index in [9.17, 15) is 5.11 Å². The summed E-state index contributed by atoms with van der Waals surface area (Å²) < 4.78 is 1.77. The first kappa shape index (κ1) is 23.1. The van der Waals surface area contributed by atoms with Crippen molar-refractivity contribution in [3.63, 3.8) is 0 Å². The fourth-order valence-electron chi connectivity index (χ4n) is 2.61. The van der Waals surface area contributed by atoms with Crippen molar-refractivity contribution >= 4 is 29.9 Å². The van der Waals surface area contributed by atoms with Crippen molar-refractivity contribution in [2.75, 3.05) is 26.7 Å². The lowest BCUT2D eigenvalue weighted by molar-refractivity contribution is 0.175. The van der Waals surface area contributed by atoms with Crippen LogP contribution in [-0.2, 0) is 13.6 Å². The van der Waals surface area contributed by atoms with E-state index >= 15 is 0 Å². The second-order valence-electron chi connectivity index (χ2n) is 6.01. The molecule has 140 valence electrons. The topological polar surface area (TPSA) is 78.6 Å². The summed E-state index contributed by atoms with van der Waals surface area (Å²) in [6.07, 6.45) is 4.38. The van der Waals surface area contributed by atoms with Gasteiger partial charge in [0.15, 0.2) is 5.96 Å². The number of hydrogen-bond acceptors (Lipinski definition) is 4. The molecular formula is C16H33IN6O. The Morgan fingerprint density at radius 3 is 2.50 bits per heavy atom. The van der Waals surface area contributed by atoms with Gasteiger partial charge >= 0.3 is 0 Å². The van der Waals surface area contributed by atoms with Gasteiger partial charge in [0.2, 0.25) is 0 Å². The number of nitrogens with zero attached hydrogens (tertiary/aromatic N) is 5. The molecule has 0 aliphatic carbocycles. The molecular weight excluding hydrogens is 419 g/mol. The van der Waals surface area contributed by atoms with Crippen LogP contribution in [0.3, 0.4) is 0 Å². The maximum Gasteiger partial charge on any atom is 0.194 e. The molecule has 0 aliphatic rings. The fourth-order valence-corrected chi connectivity index (χ4v) is 2.61. The van der Waals surface area contributed by atoms with Crippen LogP contribution in [0.5, 0.6) is 0 Å². The van der Waals surface area contributed by atoms with Crippen molar-refractivity contribution in [2.45, 2.75) is 46.6 Å². The van der Waals surface area contributed by atoms with E-state index in [1.54, 1.807) is 11.0 Å². The molecule has 0 amide bonds. The van der Waals surface area contributed by atoms with Crippen molar-refractivity contribution in [3.8, 4) is 0 Å². The van der Waals surface area contributed by atoms with E-state index in [2.05, 4.69) is 41.1 Å². The highest BCUT2D eigenvalue weighted by Crippen LogP contribution is 2.30. The van der Waals surface area contributed by atoms with E-state index in [1.165, 1.54) is 0 Å². The van der Waals surface area contributed by atoms with E-state index in [0.29, 0.717) is 13.1 Å². The highest BCUT2D eigenvalue weighted by molar-refractivity contribution is 14.0. The van der Waals surface area contributed by atoms with Gasteiger partial charge in [-0.2, -0.15) is 5.10 Å². The predicted octanol–water partition coefficient (Wildman–Crippen LogP) is 2.02. The number of rotatable bonds is 9. The zero-order valence-electron chi connectivity index (χ0n) is 15.6. The van der Waals surface area contributed by atoms with Crippen LogP contribution >= 0.6 is 24.0 Å². The third kappa shape index (κ3) is 6.54. The molecule has 0 radical (unpaired) electrons. The SMILES string of the molecule is CCNC(=NCC(CC)(CC)CCO)N(C)Cc1ncnn1C.I. The van der Waals surface area contributed by atoms with Crippen LogP contribution < -0.4 is 5.32 Å². The number of aliphatic imine (C=N–C) groups is 1. The quantitative estimate of drug-likeness (QED) is 0.341. The largest absolute Gasteiger partial charge is 0.396 e. The molecule has 0 aromatic carbocycles. The second-order valence-corrected chi connectivity index (χ2v) is 6.01. The summed E-state index contributed by atoms with van der Waals surface area (Å²) in [5.41, 5.74) is 0.0705. The highest BCUT2D eigenvalue weighted by atomic mass is 127. The summed E-state index contributed by atoms with van der Waals surface area (Å²) in [5.74, 6) is 1.76. The minimum Gasteiger partial charge on any atom is -0.396 e. The number of hydrogen-bond donors (Lipinski definition) is 2. The Labute approximate surface area is 163 Å². The van der Waals surface area contributed by atoms with Gasteiger partial charge in [-0.05, 0) is 31.6 Å². The van der Waals surface area contributed by atoms with Gasteiger partial charge in [0, 0.05) is 33.8 Å². The van der Waals surface area contributed by atoms with Crippen molar-refractivity contribution < 1.29 is 5.11 Å². The van der Waals surface area contributed by atoms with Gasteiger partial charge in [-0.25, -0.2) is 4.98 Å². The molecule has 0 saturated heterocycles. The summed E-state index contributed by atoms with van der Waals surface area (Å²) in [5, 5.41) is 16.8. The lowest BCUT2D eigenvalue weighted by atomic mass is 9.79. The van der Waals surface area contributed by atoms with Gasteiger partial charge in [-0.3, -0.25) is 9.67 Å². The van der Waals surface area contributed by atoms with Crippen LogP contribution in [0.1, 0.15) is 45.9 Å². The van der Waals surface area contributed by atoms with Crippen molar-refractivity contribution in [2.24, 2.45) is 17.5 Å². The molecule has 0 atom stereocenters. The Morgan fingerprint density at radius 2 is 2.04 bits per heavy atom. The van der Waals surface area contributed by atoms with Gasteiger partial charge in [-0.1, -0.05) is 13.8 Å². The maximum absolute atomic E-state index is 9.35. The molecule has 0 spiro atoms. The number of aliphatic hydroxyl groups excluding tert-OH is 1. The smallest absolute Gasteiger partial charge is 0.194 e. The Morgan fingerprint density at radius 1 is 1.38 bits per heavy atom. The maximum atomic E-state index is 9.35. The van der Waals surface area contributed by atoms with Gasteiger partial charge < -0.3 is 15.3 Å². The molecule has 7 nitrogen and oxygen atoms in total. The van der Waals surface area contributed by atoms with Crippen LogP contribution in [0.25, 0.3) is 0 Å². The Balaban J connectivity index is 0.00000529. The summed E-state index contributed by atoms with van der Waals surface area (Å²) in [6, 6.07) is 0. The summed E-state index contributed by atoms with van der Waals surface area (Å²) >= 11 is 0. The van der Waals surface area contributed by atoms with Crippen LogP contribution in [-0.4, -0.2) is 57.5 Å². The Bertz CT molecular complexity index is 487. The first-order valence-corrected chi connectivity index (χ1v) is 8.45. The Hall–Kier alpha value is -0.900. The molecule has 24 heavy (non-hydrogen) atoms. The molecule has 0 bridgehead atoms. The van der Waals surface area contributed by atoms with Crippen LogP contribution in [0.2, 0.25) is 0 Å². The predicted molar refractivity (Wildman–Crippen MR) is 109 cm³/mol. The molecule has 1 aromatic heterocycles. The normalized spacial score (nSPS) is 12.0. The Kier molecular flexibility index (Phi) is 11.2. The third-order valence-electron chi connectivity index (χ3n) is 4.59. The number of aromatic nitrogens is 3. The summed E-state index contributed by atoms with van der Waals surface area (Å²) in [7, 11) is 3.89. The van der Waals surface area contributed by atoms with Crippen molar-refractivity contribution in [1.82, 2.24) is 25.0 Å². The van der Waals surface area contributed by atoms with E-state index < -0.39 is 0 Å². The van der Waals surface area contributed by atoms with E-state index in [-0.39, 0.29) is 36.0 Å². The first-order chi connectivity index (χ1) is 11.0. The van der Waals surface area contributed by atoms with Gasteiger partial charge in [0.1, 0.15) is 12.2 Å². The molecule has 1 aromatic rings. The van der Waals surface area contributed by atoms with Crippen LogP contribution in [0.4, 0.5) is 0 Å². The minimum atomic E-state index is 0. The fraction of sp³-hybridized carbons (Fsp3) is 0.812. The lowest BCUT2D eigenvalue weighted by Gasteiger charge is -2.30. The molecule has 1 heterocycles. The number of guanidine groups is 1. The standard InChI is InChI=1S/C16H32N6O.HI/c1-6-16(7-2,9-10-23)12-18-15(17-8-3)21(4)11-14-19-13-20-22(14)5;/h13,23H,6-12H2,1-5H3,(H,17,18);1H. The average Bonchev–Trinajstić information content (AvgIpc) is 2.95.